The SMILES string of the molecule is COC(=O)c1c(C)oc(C)c1S(=O)(=O)Nc1ccc(Br)c(C(F)(F)F)c1. The number of anilines is 1. The predicted octanol–water partition coefficient (Wildman–Crippen LogP) is 4.27. The summed E-state index contributed by atoms with van der Waals surface area (Å²) in [6.45, 7) is 2.69. The van der Waals surface area contributed by atoms with Gasteiger partial charge in [-0.15, -0.1) is 0 Å². The second kappa shape index (κ2) is 6.95. The van der Waals surface area contributed by atoms with Crippen LogP contribution in [0.3, 0.4) is 0 Å². The maximum absolute atomic E-state index is 13.0. The van der Waals surface area contributed by atoms with E-state index in [0.29, 0.717) is 6.07 Å². The van der Waals surface area contributed by atoms with Crippen LogP contribution < -0.4 is 4.72 Å². The topological polar surface area (TPSA) is 85.6 Å². The number of carbonyl (C=O) groups excluding carboxylic acids is 1. The molecule has 0 aliphatic heterocycles. The summed E-state index contributed by atoms with van der Waals surface area (Å²) in [4.78, 5) is 11.4. The third-order valence-corrected chi connectivity index (χ3v) is 5.61. The summed E-state index contributed by atoms with van der Waals surface area (Å²) in [6.07, 6.45) is -4.68. The molecule has 0 atom stereocenters. The molecule has 1 aromatic heterocycles. The number of alkyl halides is 3. The molecule has 0 aliphatic carbocycles. The highest BCUT2D eigenvalue weighted by atomic mass is 79.9. The maximum Gasteiger partial charge on any atom is 0.417 e. The Balaban J connectivity index is 2.54. The Kier molecular flexibility index (Phi) is 5.43. The van der Waals surface area contributed by atoms with Crippen LogP contribution >= 0.6 is 15.9 Å². The average Bonchev–Trinajstić information content (AvgIpc) is 2.82. The molecular weight excluding hydrogens is 443 g/mol. The van der Waals surface area contributed by atoms with Gasteiger partial charge in [-0.25, -0.2) is 13.2 Å². The summed E-state index contributed by atoms with van der Waals surface area (Å²) < 4.78 is 75.8. The largest absolute Gasteiger partial charge is 0.465 e. The van der Waals surface area contributed by atoms with Crippen LogP contribution in [0.25, 0.3) is 0 Å². The van der Waals surface area contributed by atoms with Gasteiger partial charge < -0.3 is 9.15 Å². The number of nitrogens with one attached hydrogen (secondary N) is 1. The average molecular weight is 456 g/mol. The van der Waals surface area contributed by atoms with Gasteiger partial charge in [-0.2, -0.15) is 13.2 Å². The van der Waals surface area contributed by atoms with Crippen molar-refractivity contribution < 1.29 is 35.5 Å². The van der Waals surface area contributed by atoms with E-state index in [9.17, 15) is 26.4 Å². The first-order chi connectivity index (χ1) is 11.9. The number of carbonyl (C=O) groups is 1. The number of aryl methyl sites for hydroxylation is 2. The molecule has 6 nitrogen and oxygen atoms in total. The fraction of sp³-hybridized carbons (Fsp3) is 0.267. The Morgan fingerprint density at radius 1 is 1.23 bits per heavy atom. The third kappa shape index (κ3) is 3.88. The summed E-state index contributed by atoms with van der Waals surface area (Å²) in [5, 5.41) is 0. The molecule has 0 saturated carbocycles. The summed E-state index contributed by atoms with van der Waals surface area (Å²) >= 11 is 2.77. The van der Waals surface area contributed by atoms with E-state index in [4.69, 9.17) is 4.42 Å². The van der Waals surface area contributed by atoms with Gasteiger partial charge in [0.05, 0.1) is 12.7 Å². The van der Waals surface area contributed by atoms with E-state index in [1.165, 1.54) is 13.8 Å². The van der Waals surface area contributed by atoms with Crippen LogP contribution in [0.4, 0.5) is 18.9 Å². The van der Waals surface area contributed by atoms with Gasteiger partial charge >= 0.3 is 12.1 Å². The number of rotatable bonds is 4. The number of furan rings is 1. The summed E-state index contributed by atoms with van der Waals surface area (Å²) in [6, 6.07) is 2.86. The Morgan fingerprint density at radius 3 is 2.38 bits per heavy atom. The molecule has 0 saturated heterocycles. The zero-order valence-corrected chi connectivity index (χ0v) is 16.1. The van der Waals surface area contributed by atoms with Crippen LogP contribution in [0.5, 0.6) is 0 Å². The van der Waals surface area contributed by atoms with Gasteiger partial charge in [0.25, 0.3) is 10.0 Å². The number of methoxy groups -OCH3 is 1. The Bertz CT molecular complexity index is 966. The first-order valence-electron chi connectivity index (χ1n) is 6.96. The summed E-state index contributed by atoms with van der Waals surface area (Å²) in [7, 11) is -3.34. The number of benzene rings is 1. The van der Waals surface area contributed by atoms with Crippen LogP contribution in [0.1, 0.15) is 27.4 Å². The molecule has 0 spiro atoms. The zero-order valence-electron chi connectivity index (χ0n) is 13.7. The predicted molar refractivity (Wildman–Crippen MR) is 89.5 cm³/mol. The van der Waals surface area contributed by atoms with Crippen molar-refractivity contribution in [2.45, 2.75) is 24.9 Å². The van der Waals surface area contributed by atoms with E-state index >= 15 is 0 Å². The second-order valence-electron chi connectivity index (χ2n) is 5.21. The lowest BCUT2D eigenvalue weighted by Gasteiger charge is -2.13. The number of esters is 1. The first-order valence-corrected chi connectivity index (χ1v) is 9.24. The van der Waals surface area contributed by atoms with Crippen molar-refractivity contribution in [2.24, 2.45) is 0 Å². The minimum atomic E-state index is -4.68. The molecule has 0 radical (unpaired) electrons. The second-order valence-corrected chi connectivity index (χ2v) is 7.68. The van der Waals surface area contributed by atoms with Gasteiger partial charge in [0.1, 0.15) is 22.0 Å². The maximum atomic E-state index is 13.0. The summed E-state index contributed by atoms with van der Waals surface area (Å²) in [5.74, 6) is -1.02. The minimum absolute atomic E-state index is 0.0153. The fourth-order valence-corrected chi connectivity index (χ4v) is 4.26. The van der Waals surface area contributed by atoms with Crippen LogP contribution in [-0.2, 0) is 20.9 Å². The van der Waals surface area contributed by atoms with E-state index in [1.54, 1.807) is 0 Å². The van der Waals surface area contributed by atoms with Gasteiger partial charge in [0.2, 0.25) is 0 Å². The quantitative estimate of drug-likeness (QED) is 0.695. The van der Waals surface area contributed by atoms with Crippen LogP contribution in [0.15, 0.2) is 32.0 Å². The number of halogens is 4. The standard InChI is InChI=1S/C15H13BrF3NO5S/c1-7-12(14(21)24-3)13(8(2)25-7)26(22,23)20-9-4-5-11(16)10(6-9)15(17,18)19/h4-6,20H,1-3H3. The minimum Gasteiger partial charge on any atom is -0.465 e. The van der Waals surface area contributed by atoms with E-state index in [1.807, 2.05) is 4.72 Å². The highest BCUT2D eigenvalue weighted by Crippen LogP contribution is 2.37. The van der Waals surface area contributed by atoms with E-state index in [-0.39, 0.29) is 27.2 Å². The van der Waals surface area contributed by atoms with Gasteiger partial charge in [-0.1, -0.05) is 15.9 Å². The van der Waals surface area contributed by atoms with Crippen molar-refractivity contribution in [3.05, 3.63) is 45.3 Å². The van der Waals surface area contributed by atoms with Crippen molar-refractivity contribution in [1.82, 2.24) is 0 Å². The first kappa shape index (κ1) is 20.3. The van der Waals surface area contributed by atoms with Crippen molar-refractivity contribution in [3.63, 3.8) is 0 Å². The molecule has 2 rings (SSSR count). The molecule has 0 amide bonds. The van der Waals surface area contributed by atoms with Gasteiger partial charge in [0.15, 0.2) is 0 Å². The van der Waals surface area contributed by atoms with Crippen LogP contribution in [-0.4, -0.2) is 21.5 Å². The Labute approximate surface area is 155 Å². The molecule has 142 valence electrons. The summed E-state index contributed by atoms with van der Waals surface area (Å²) in [5.41, 5.74) is -1.69. The molecule has 11 heteroatoms. The number of sulfonamides is 1. The van der Waals surface area contributed by atoms with Crippen molar-refractivity contribution in [3.8, 4) is 0 Å². The Morgan fingerprint density at radius 2 is 1.85 bits per heavy atom. The lowest BCUT2D eigenvalue weighted by molar-refractivity contribution is -0.138. The number of hydrogen-bond donors (Lipinski definition) is 1. The monoisotopic (exact) mass is 455 g/mol. The van der Waals surface area contributed by atoms with E-state index in [2.05, 4.69) is 20.7 Å². The lowest BCUT2D eigenvalue weighted by atomic mass is 10.2. The highest BCUT2D eigenvalue weighted by molar-refractivity contribution is 9.10. The molecule has 1 N–H and O–H groups in total. The normalized spacial score (nSPS) is 12.1. The molecular formula is C15H13BrF3NO5S. The fourth-order valence-electron chi connectivity index (χ4n) is 2.34. The van der Waals surface area contributed by atoms with E-state index < -0.39 is 32.6 Å². The zero-order chi connectivity index (χ0) is 19.9. The lowest BCUT2D eigenvalue weighted by Crippen LogP contribution is -2.18. The molecule has 1 aromatic carbocycles. The molecule has 26 heavy (non-hydrogen) atoms. The van der Waals surface area contributed by atoms with Crippen molar-refractivity contribution in [2.75, 3.05) is 11.8 Å². The molecule has 0 fully saturated rings. The Hall–Kier alpha value is -2.01. The molecule has 2 aromatic rings. The molecule has 0 bridgehead atoms. The molecule has 0 aliphatic rings. The van der Waals surface area contributed by atoms with Gasteiger partial charge in [-0.05, 0) is 32.0 Å². The smallest absolute Gasteiger partial charge is 0.417 e. The molecule has 0 unspecified atom stereocenters. The van der Waals surface area contributed by atoms with Gasteiger partial charge in [-0.3, -0.25) is 4.72 Å². The van der Waals surface area contributed by atoms with Gasteiger partial charge in [0, 0.05) is 10.2 Å². The van der Waals surface area contributed by atoms with E-state index in [0.717, 1.165) is 19.2 Å². The van der Waals surface area contributed by atoms with Crippen LogP contribution in [0, 0.1) is 13.8 Å². The van der Waals surface area contributed by atoms with Crippen molar-refractivity contribution >= 4 is 37.6 Å². The number of hydrogen-bond acceptors (Lipinski definition) is 5. The molecule has 1 heterocycles. The van der Waals surface area contributed by atoms with Crippen LogP contribution in [0.2, 0.25) is 0 Å². The van der Waals surface area contributed by atoms with Crippen molar-refractivity contribution in [1.29, 1.82) is 0 Å². The highest BCUT2D eigenvalue weighted by Gasteiger charge is 2.35. The third-order valence-electron chi connectivity index (χ3n) is 3.39. The number of ether oxygens (including phenoxy) is 1.